The lowest BCUT2D eigenvalue weighted by atomic mass is 10.0. The van der Waals surface area contributed by atoms with Gasteiger partial charge >= 0.3 is 5.97 Å². The molecule has 2 unspecified atom stereocenters. The van der Waals surface area contributed by atoms with E-state index in [1.165, 1.54) is 0 Å². The normalized spacial score (nSPS) is 27.5. The van der Waals surface area contributed by atoms with Crippen LogP contribution in [-0.2, 0) is 4.79 Å². The van der Waals surface area contributed by atoms with Crippen LogP contribution in [0.4, 0.5) is 0 Å². The van der Waals surface area contributed by atoms with Crippen LogP contribution in [0.3, 0.4) is 0 Å². The Morgan fingerprint density at radius 3 is 2.71 bits per heavy atom. The fourth-order valence-corrected chi connectivity index (χ4v) is 2.08. The average molecular weight is 201 g/mol. The van der Waals surface area contributed by atoms with Crippen LogP contribution in [0.15, 0.2) is 0 Å². The molecular weight excluding hydrogens is 182 g/mol. The molecule has 14 heavy (non-hydrogen) atoms. The molecule has 0 amide bonds. The molecule has 1 rings (SSSR count). The van der Waals surface area contributed by atoms with Gasteiger partial charge in [0.15, 0.2) is 0 Å². The minimum absolute atomic E-state index is 0.00662. The predicted octanol–water partition coefficient (Wildman–Crippen LogP) is 0.552. The van der Waals surface area contributed by atoms with Crippen molar-refractivity contribution in [2.75, 3.05) is 13.2 Å². The van der Waals surface area contributed by atoms with Gasteiger partial charge in [-0.25, -0.2) is 0 Å². The van der Waals surface area contributed by atoms with E-state index >= 15 is 0 Å². The summed E-state index contributed by atoms with van der Waals surface area (Å²) in [5.41, 5.74) is 0. The second-order valence-electron chi connectivity index (χ2n) is 4.08. The number of aliphatic carboxylic acids is 1. The molecule has 2 N–H and O–H groups in total. The maximum absolute atomic E-state index is 10.8. The van der Waals surface area contributed by atoms with Gasteiger partial charge < -0.3 is 10.2 Å². The summed E-state index contributed by atoms with van der Waals surface area (Å²) < 4.78 is 0. The Hall–Kier alpha value is -0.610. The standard InChI is InChI=1S/C10H19NO3/c1-7(10(13)14)8(2)11-5-3-4-9(11)6-12/h7-9,12H,3-6H2,1-2H3,(H,13,14)/t7?,8?,9-/m0/s1. The molecule has 0 radical (unpaired) electrons. The number of likely N-dealkylation sites (tertiary alicyclic amines) is 1. The highest BCUT2D eigenvalue weighted by Gasteiger charge is 2.32. The number of carboxylic acid groups (broad SMARTS) is 1. The van der Waals surface area contributed by atoms with E-state index in [4.69, 9.17) is 10.2 Å². The maximum atomic E-state index is 10.8. The van der Waals surface area contributed by atoms with Crippen molar-refractivity contribution in [1.29, 1.82) is 0 Å². The van der Waals surface area contributed by atoms with E-state index in [-0.39, 0.29) is 24.6 Å². The molecule has 1 aliphatic rings. The number of carboxylic acids is 1. The Kier molecular flexibility index (Phi) is 3.89. The highest BCUT2D eigenvalue weighted by Crippen LogP contribution is 2.23. The van der Waals surface area contributed by atoms with Crippen LogP contribution in [0.25, 0.3) is 0 Å². The zero-order chi connectivity index (χ0) is 10.7. The first kappa shape index (κ1) is 11.5. The van der Waals surface area contributed by atoms with Crippen molar-refractivity contribution in [3.63, 3.8) is 0 Å². The molecule has 1 saturated heterocycles. The number of rotatable bonds is 4. The molecule has 0 aromatic rings. The van der Waals surface area contributed by atoms with Crippen LogP contribution in [0.5, 0.6) is 0 Å². The van der Waals surface area contributed by atoms with Crippen molar-refractivity contribution < 1.29 is 15.0 Å². The Labute approximate surface area is 84.5 Å². The monoisotopic (exact) mass is 201 g/mol. The molecule has 0 spiro atoms. The Balaban J connectivity index is 2.58. The fraction of sp³-hybridized carbons (Fsp3) is 0.900. The minimum atomic E-state index is -0.763. The van der Waals surface area contributed by atoms with Crippen LogP contribution in [0.1, 0.15) is 26.7 Å². The topological polar surface area (TPSA) is 60.8 Å². The number of hydrogen-bond donors (Lipinski definition) is 2. The first-order chi connectivity index (χ1) is 6.57. The number of carbonyl (C=O) groups is 1. The van der Waals surface area contributed by atoms with Crippen LogP contribution in [0, 0.1) is 5.92 Å². The van der Waals surface area contributed by atoms with E-state index in [9.17, 15) is 4.79 Å². The Morgan fingerprint density at radius 2 is 2.21 bits per heavy atom. The van der Waals surface area contributed by atoms with Crippen molar-refractivity contribution in [2.45, 2.75) is 38.8 Å². The van der Waals surface area contributed by atoms with Gasteiger partial charge in [0.05, 0.1) is 12.5 Å². The maximum Gasteiger partial charge on any atom is 0.307 e. The van der Waals surface area contributed by atoms with Gasteiger partial charge in [-0.15, -0.1) is 0 Å². The smallest absolute Gasteiger partial charge is 0.307 e. The van der Waals surface area contributed by atoms with Gasteiger partial charge in [-0.05, 0) is 26.3 Å². The van der Waals surface area contributed by atoms with Crippen LogP contribution in [-0.4, -0.2) is 46.3 Å². The van der Waals surface area contributed by atoms with E-state index in [1.54, 1.807) is 6.92 Å². The van der Waals surface area contributed by atoms with Crippen LogP contribution < -0.4 is 0 Å². The summed E-state index contributed by atoms with van der Waals surface area (Å²) in [6.45, 7) is 4.69. The van der Waals surface area contributed by atoms with Crippen molar-refractivity contribution >= 4 is 5.97 Å². The Bertz CT molecular complexity index is 208. The summed E-state index contributed by atoms with van der Waals surface area (Å²) in [6, 6.07) is 0.166. The molecule has 4 nitrogen and oxygen atoms in total. The average Bonchev–Trinajstić information content (AvgIpc) is 2.62. The lowest BCUT2D eigenvalue weighted by Crippen LogP contribution is -2.44. The molecule has 3 atom stereocenters. The van der Waals surface area contributed by atoms with Gasteiger partial charge in [0, 0.05) is 12.1 Å². The Morgan fingerprint density at radius 1 is 1.57 bits per heavy atom. The van der Waals surface area contributed by atoms with E-state index in [0.717, 1.165) is 19.4 Å². The SMILES string of the molecule is CC(C(=O)O)C(C)N1CCC[C@H]1CO. The lowest BCUT2D eigenvalue weighted by Gasteiger charge is -2.31. The summed E-state index contributed by atoms with van der Waals surface area (Å²) in [5.74, 6) is -1.14. The van der Waals surface area contributed by atoms with E-state index in [0.29, 0.717) is 0 Å². The molecule has 1 heterocycles. The van der Waals surface area contributed by atoms with Gasteiger partial charge in [0.1, 0.15) is 0 Å². The second-order valence-corrected chi connectivity index (χ2v) is 4.08. The number of aliphatic hydroxyl groups excluding tert-OH is 1. The van der Waals surface area contributed by atoms with Gasteiger partial charge in [-0.1, -0.05) is 6.92 Å². The first-order valence-electron chi connectivity index (χ1n) is 5.17. The molecular formula is C10H19NO3. The van der Waals surface area contributed by atoms with Gasteiger partial charge in [-0.2, -0.15) is 0 Å². The molecule has 1 aliphatic heterocycles. The highest BCUT2D eigenvalue weighted by atomic mass is 16.4. The zero-order valence-electron chi connectivity index (χ0n) is 8.81. The predicted molar refractivity (Wildman–Crippen MR) is 53.1 cm³/mol. The van der Waals surface area contributed by atoms with Crippen LogP contribution >= 0.6 is 0 Å². The highest BCUT2D eigenvalue weighted by molar-refractivity contribution is 5.70. The van der Waals surface area contributed by atoms with Crippen molar-refractivity contribution in [1.82, 2.24) is 4.90 Å². The van der Waals surface area contributed by atoms with E-state index in [1.807, 2.05) is 6.92 Å². The van der Waals surface area contributed by atoms with Gasteiger partial charge in [0.25, 0.3) is 0 Å². The number of nitrogens with zero attached hydrogens (tertiary/aromatic N) is 1. The number of hydrogen-bond acceptors (Lipinski definition) is 3. The molecule has 0 aromatic carbocycles. The fourth-order valence-electron chi connectivity index (χ4n) is 2.08. The zero-order valence-corrected chi connectivity index (χ0v) is 8.81. The van der Waals surface area contributed by atoms with E-state index < -0.39 is 5.97 Å². The minimum Gasteiger partial charge on any atom is -0.481 e. The molecule has 0 aromatic heterocycles. The second kappa shape index (κ2) is 4.75. The molecule has 0 saturated carbocycles. The van der Waals surface area contributed by atoms with Gasteiger partial charge in [0.2, 0.25) is 0 Å². The summed E-state index contributed by atoms with van der Waals surface area (Å²) in [7, 11) is 0. The van der Waals surface area contributed by atoms with Crippen molar-refractivity contribution in [3.05, 3.63) is 0 Å². The largest absolute Gasteiger partial charge is 0.481 e. The third-order valence-electron chi connectivity index (χ3n) is 3.27. The lowest BCUT2D eigenvalue weighted by molar-refractivity contribution is -0.143. The molecule has 0 aliphatic carbocycles. The van der Waals surface area contributed by atoms with Crippen molar-refractivity contribution in [3.8, 4) is 0 Å². The summed E-state index contributed by atoms with van der Waals surface area (Å²) in [4.78, 5) is 12.9. The van der Waals surface area contributed by atoms with Gasteiger partial charge in [-0.3, -0.25) is 9.69 Å². The summed E-state index contributed by atoms with van der Waals surface area (Å²) in [5, 5.41) is 18.0. The van der Waals surface area contributed by atoms with E-state index in [2.05, 4.69) is 4.90 Å². The third kappa shape index (κ3) is 2.25. The molecule has 1 fully saturated rings. The quantitative estimate of drug-likeness (QED) is 0.697. The number of aliphatic hydroxyl groups is 1. The third-order valence-corrected chi connectivity index (χ3v) is 3.27. The molecule has 4 heteroatoms. The molecule has 82 valence electrons. The molecule has 0 bridgehead atoms. The summed E-state index contributed by atoms with van der Waals surface area (Å²) in [6.07, 6.45) is 2.04. The van der Waals surface area contributed by atoms with Crippen LogP contribution in [0.2, 0.25) is 0 Å². The van der Waals surface area contributed by atoms with Crippen molar-refractivity contribution in [2.24, 2.45) is 5.92 Å². The summed E-state index contributed by atoms with van der Waals surface area (Å²) >= 11 is 0. The first-order valence-corrected chi connectivity index (χ1v) is 5.17.